The summed E-state index contributed by atoms with van der Waals surface area (Å²) in [6.07, 6.45) is 3.95. The maximum atomic E-state index is 14.2. The lowest BCUT2D eigenvalue weighted by molar-refractivity contribution is 0.0601. The Morgan fingerprint density at radius 2 is 2.00 bits per heavy atom. The zero-order chi connectivity index (χ0) is 18.8. The number of halogens is 3. The Morgan fingerprint density at radius 3 is 2.69 bits per heavy atom. The van der Waals surface area contributed by atoms with Crippen LogP contribution in [0.3, 0.4) is 0 Å². The van der Waals surface area contributed by atoms with Gasteiger partial charge in [0, 0.05) is 13.8 Å². The van der Waals surface area contributed by atoms with Gasteiger partial charge in [0.2, 0.25) is 0 Å². The molecule has 0 saturated carbocycles. The SMILES string of the molecule is COC(=O)c1c(NC(=S)Nc2c(F)cc(Br)cc2Br)sc2c1CCCC2. The number of methoxy groups -OCH3 is 1. The lowest BCUT2D eigenvalue weighted by Gasteiger charge is -2.14. The van der Waals surface area contributed by atoms with Crippen LogP contribution in [0.5, 0.6) is 0 Å². The highest BCUT2D eigenvalue weighted by molar-refractivity contribution is 9.11. The molecule has 0 aliphatic heterocycles. The molecule has 0 spiro atoms. The van der Waals surface area contributed by atoms with Crippen LogP contribution in [0.1, 0.15) is 33.6 Å². The first-order valence-corrected chi connectivity index (χ1v) is 10.7. The van der Waals surface area contributed by atoms with Crippen molar-refractivity contribution in [2.75, 3.05) is 17.7 Å². The number of benzene rings is 1. The van der Waals surface area contributed by atoms with E-state index in [4.69, 9.17) is 17.0 Å². The molecule has 4 nitrogen and oxygen atoms in total. The minimum Gasteiger partial charge on any atom is -0.465 e. The van der Waals surface area contributed by atoms with E-state index in [9.17, 15) is 9.18 Å². The van der Waals surface area contributed by atoms with Crippen molar-refractivity contribution in [2.45, 2.75) is 25.7 Å². The van der Waals surface area contributed by atoms with Crippen LogP contribution in [0.25, 0.3) is 0 Å². The van der Waals surface area contributed by atoms with Crippen LogP contribution in [-0.2, 0) is 17.6 Å². The van der Waals surface area contributed by atoms with Crippen LogP contribution in [-0.4, -0.2) is 18.2 Å². The van der Waals surface area contributed by atoms with E-state index in [0.29, 0.717) is 19.5 Å². The van der Waals surface area contributed by atoms with E-state index in [1.165, 1.54) is 29.4 Å². The number of thiocarbonyl (C=S) groups is 1. The number of aryl methyl sites for hydroxylation is 1. The van der Waals surface area contributed by atoms with E-state index < -0.39 is 5.82 Å². The van der Waals surface area contributed by atoms with Crippen molar-refractivity contribution in [3.05, 3.63) is 42.9 Å². The number of ether oxygens (including phenoxy) is 1. The third-order valence-corrected chi connectivity index (χ3v) is 6.53. The third kappa shape index (κ3) is 4.11. The van der Waals surface area contributed by atoms with Gasteiger partial charge in [-0.15, -0.1) is 11.3 Å². The molecule has 0 atom stereocenters. The molecule has 0 radical (unpaired) electrons. The van der Waals surface area contributed by atoms with Gasteiger partial charge in [0.15, 0.2) is 5.11 Å². The fourth-order valence-corrected chi connectivity index (χ4v) is 5.70. The van der Waals surface area contributed by atoms with Crippen LogP contribution in [0.4, 0.5) is 15.1 Å². The fourth-order valence-electron chi connectivity index (χ4n) is 2.88. The number of hydrogen-bond acceptors (Lipinski definition) is 4. The molecule has 9 heteroatoms. The molecule has 1 aliphatic carbocycles. The molecule has 1 aromatic heterocycles. The number of rotatable bonds is 3. The molecule has 0 saturated heterocycles. The van der Waals surface area contributed by atoms with E-state index >= 15 is 0 Å². The molecule has 2 N–H and O–H groups in total. The minimum absolute atomic E-state index is 0.204. The maximum absolute atomic E-state index is 14.2. The summed E-state index contributed by atoms with van der Waals surface area (Å²) in [7, 11) is 1.36. The molecule has 2 aromatic rings. The zero-order valence-corrected chi connectivity index (χ0v) is 18.6. The summed E-state index contributed by atoms with van der Waals surface area (Å²) in [5.41, 5.74) is 1.80. The van der Waals surface area contributed by atoms with E-state index in [-0.39, 0.29) is 16.8 Å². The van der Waals surface area contributed by atoms with Gasteiger partial charge < -0.3 is 15.4 Å². The Morgan fingerprint density at radius 1 is 1.27 bits per heavy atom. The first-order valence-electron chi connectivity index (χ1n) is 7.86. The lowest BCUT2D eigenvalue weighted by Crippen LogP contribution is -2.21. The lowest BCUT2D eigenvalue weighted by atomic mass is 9.95. The standard InChI is InChI=1S/C17H15Br2FN2O2S2/c1-24-16(23)13-9-4-2-3-5-12(9)26-15(13)22-17(25)21-14-10(19)6-8(18)7-11(14)20/h6-7H,2-5H2,1H3,(H2,21,22,25). The van der Waals surface area contributed by atoms with Gasteiger partial charge in [0.05, 0.1) is 18.4 Å². The smallest absolute Gasteiger partial charge is 0.341 e. The topological polar surface area (TPSA) is 50.4 Å². The van der Waals surface area contributed by atoms with Gasteiger partial charge in [-0.1, -0.05) is 15.9 Å². The quantitative estimate of drug-likeness (QED) is 0.389. The number of fused-ring (bicyclic) bond motifs is 1. The molecule has 1 heterocycles. The largest absolute Gasteiger partial charge is 0.465 e. The van der Waals surface area contributed by atoms with Gasteiger partial charge in [0.1, 0.15) is 10.8 Å². The number of hydrogen-bond donors (Lipinski definition) is 2. The monoisotopic (exact) mass is 520 g/mol. The van der Waals surface area contributed by atoms with Crippen molar-refractivity contribution in [1.29, 1.82) is 0 Å². The Labute approximate surface area is 176 Å². The molecular weight excluding hydrogens is 507 g/mol. The molecular formula is C17H15Br2FN2O2S2. The summed E-state index contributed by atoms with van der Waals surface area (Å²) < 4.78 is 20.3. The molecule has 0 fully saturated rings. The minimum atomic E-state index is -0.450. The van der Waals surface area contributed by atoms with Gasteiger partial charge in [0.25, 0.3) is 0 Å². The van der Waals surface area contributed by atoms with Crippen molar-refractivity contribution >= 4 is 77.2 Å². The van der Waals surface area contributed by atoms with Crippen LogP contribution < -0.4 is 10.6 Å². The summed E-state index contributed by atoms with van der Waals surface area (Å²) in [6.45, 7) is 0. The number of nitrogens with one attached hydrogen (secondary N) is 2. The Balaban J connectivity index is 1.86. The molecule has 1 aromatic carbocycles. The number of anilines is 2. The summed E-state index contributed by atoms with van der Waals surface area (Å²) in [5.74, 6) is -0.834. The van der Waals surface area contributed by atoms with Crippen molar-refractivity contribution in [1.82, 2.24) is 0 Å². The molecule has 0 amide bonds. The predicted octanol–water partition coefficient (Wildman–Crippen LogP) is 5.89. The molecule has 3 rings (SSSR count). The number of carbonyl (C=O) groups is 1. The summed E-state index contributed by atoms with van der Waals surface area (Å²) in [4.78, 5) is 13.4. The van der Waals surface area contributed by atoms with Gasteiger partial charge in [-0.05, 0) is 71.5 Å². The van der Waals surface area contributed by atoms with Gasteiger partial charge in [-0.25, -0.2) is 9.18 Å². The van der Waals surface area contributed by atoms with Crippen molar-refractivity contribution in [2.24, 2.45) is 0 Å². The highest BCUT2D eigenvalue weighted by Gasteiger charge is 2.26. The average Bonchev–Trinajstić information content (AvgIpc) is 2.95. The van der Waals surface area contributed by atoms with Crippen molar-refractivity contribution < 1.29 is 13.9 Å². The van der Waals surface area contributed by atoms with Crippen LogP contribution in [0.15, 0.2) is 21.1 Å². The molecule has 0 unspecified atom stereocenters. The predicted molar refractivity (Wildman–Crippen MR) is 114 cm³/mol. The Bertz CT molecular complexity index is 863. The molecule has 0 bridgehead atoms. The highest BCUT2D eigenvalue weighted by Crippen LogP contribution is 2.39. The zero-order valence-electron chi connectivity index (χ0n) is 13.8. The fraction of sp³-hybridized carbons (Fsp3) is 0.294. The van der Waals surface area contributed by atoms with Crippen molar-refractivity contribution in [3.63, 3.8) is 0 Å². The second-order valence-corrected chi connectivity index (χ2v) is 9.01. The number of carbonyl (C=O) groups excluding carboxylic acids is 1. The second kappa shape index (κ2) is 8.33. The summed E-state index contributed by atoms with van der Waals surface area (Å²) in [5, 5.41) is 6.73. The van der Waals surface area contributed by atoms with Crippen molar-refractivity contribution in [3.8, 4) is 0 Å². The van der Waals surface area contributed by atoms with E-state index in [2.05, 4.69) is 42.5 Å². The molecule has 26 heavy (non-hydrogen) atoms. The van der Waals surface area contributed by atoms with E-state index in [1.54, 1.807) is 6.07 Å². The van der Waals surface area contributed by atoms with Gasteiger partial charge >= 0.3 is 5.97 Å². The Hall–Kier alpha value is -1.03. The highest BCUT2D eigenvalue weighted by atomic mass is 79.9. The normalized spacial score (nSPS) is 13.1. The summed E-state index contributed by atoms with van der Waals surface area (Å²) >= 11 is 13.4. The Kier molecular flexibility index (Phi) is 6.32. The average molecular weight is 522 g/mol. The van der Waals surface area contributed by atoms with Gasteiger partial charge in [-0.3, -0.25) is 0 Å². The van der Waals surface area contributed by atoms with E-state index in [1.807, 2.05) is 0 Å². The number of esters is 1. The van der Waals surface area contributed by atoms with Gasteiger partial charge in [-0.2, -0.15) is 0 Å². The summed E-state index contributed by atoms with van der Waals surface area (Å²) in [6, 6.07) is 3.07. The molecule has 1 aliphatic rings. The van der Waals surface area contributed by atoms with E-state index in [0.717, 1.165) is 31.2 Å². The third-order valence-electron chi connectivity index (χ3n) is 4.03. The first-order chi connectivity index (χ1) is 12.4. The second-order valence-electron chi connectivity index (χ2n) is 5.73. The number of thiophene rings is 1. The van der Waals surface area contributed by atoms with Crippen LogP contribution >= 0.6 is 55.4 Å². The first kappa shape index (κ1) is 19.7. The van der Waals surface area contributed by atoms with Crippen LogP contribution in [0, 0.1) is 5.82 Å². The molecule has 138 valence electrons. The van der Waals surface area contributed by atoms with Crippen LogP contribution in [0.2, 0.25) is 0 Å². The maximum Gasteiger partial charge on any atom is 0.341 e.